The molecule has 20 heavy (non-hydrogen) atoms. The van der Waals surface area contributed by atoms with Crippen LogP contribution in [0.5, 0.6) is 0 Å². The van der Waals surface area contributed by atoms with Gasteiger partial charge in [-0.1, -0.05) is 0 Å². The molecule has 0 saturated carbocycles. The maximum absolute atomic E-state index is 5.32. The van der Waals surface area contributed by atoms with Crippen LogP contribution in [0.15, 0.2) is 23.2 Å². The molecule has 2 aromatic rings. The minimum atomic E-state index is 0.783. The van der Waals surface area contributed by atoms with Crippen LogP contribution in [0.25, 0.3) is 0 Å². The first-order chi connectivity index (χ1) is 9.72. The summed E-state index contributed by atoms with van der Waals surface area (Å²) >= 11 is 7.09. The summed E-state index contributed by atoms with van der Waals surface area (Å²) in [5, 5.41) is 8.69. The van der Waals surface area contributed by atoms with Gasteiger partial charge in [-0.15, -0.1) is 0 Å². The lowest BCUT2D eigenvalue weighted by Gasteiger charge is -2.34. The van der Waals surface area contributed by atoms with Crippen LogP contribution in [-0.4, -0.2) is 50.3 Å². The molecule has 0 atom stereocenters. The first-order valence-corrected chi connectivity index (χ1v) is 8.12. The Morgan fingerprint density at radius 2 is 2.00 bits per heavy atom. The Morgan fingerprint density at radius 3 is 2.60 bits per heavy atom. The lowest BCUT2D eigenvalue weighted by Crippen LogP contribution is -2.46. The summed E-state index contributed by atoms with van der Waals surface area (Å²) in [4.78, 5) is 4.92. The Bertz CT molecular complexity index is 593. The molecular weight excluding hydrogens is 290 g/mol. The van der Waals surface area contributed by atoms with E-state index in [1.807, 2.05) is 16.3 Å². The highest BCUT2D eigenvalue weighted by Gasteiger charge is 2.17. The summed E-state index contributed by atoms with van der Waals surface area (Å²) < 4.78 is 4.55. The average Bonchev–Trinajstić information content (AvgIpc) is 3.06. The maximum atomic E-state index is 5.32. The zero-order valence-electron chi connectivity index (χ0n) is 11.6. The highest BCUT2D eigenvalue weighted by molar-refractivity contribution is 7.71. The molecular formula is C13H19N5S2. The molecule has 1 aliphatic rings. The number of piperazine rings is 1. The normalized spacial score (nSPS) is 17.6. The van der Waals surface area contributed by atoms with Gasteiger partial charge in [-0.2, -0.15) is 16.4 Å². The van der Waals surface area contributed by atoms with E-state index in [1.54, 1.807) is 17.7 Å². The first-order valence-electron chi connectivity index (χ1n) is 6.76. The van der Waals surface area contributed by atoms with Gasteiger partial charge >= 0.3 is 0 Å². The smallest absolute Gasteiger partial charge is 0.198 e. The van der Waals surface area contributed by atoms with Gasteiger partial charge in [0, 0.05) is 39.8 Å². The van der Waals surface area contributed by atoms with Crippen molar-refractivity contribution in [2.45, 2.75) is 13.2 Å². The highest BCUT2D eigenvalue weighted by atomic mass is 32.1. The van der Waals surface area contributed by atoms with Gasteiger partial charge in [-0.3, -0.25) is 9.80 Å². The van der Waals surface area contributed by atoms with Crippen LogP contribution in [0.4, 0.5) is 0 Å². The minimum Gasteiger partial charge on any atom is -0.310 e. The van der Waals surface area contributed by atoms with Crippen LogP contribution in [0.1, 0.15) is 5.56 Å². The Hall–Kier alpha value is -1.02. The van der Waals surface area contributed by atoms with Crippen LogP contribution in [0, 0.1) is 4.77 Å². The third kappa shape index (κ3) is 3.17. The van der Waals surface area contributed by atoms with Crippen LogP contribution in [0.2, 0.25) is 0 Å². The van der Waals surface area contributed by atoms with Crippen LogP contribution >= 0.6 is 23.6 Å². The molecule has 7 heteroatoms. The van der Waals surface area contributed by atoms with Crippen molar-refractivity contribution < 1.29 is 0 Å². The number of aromatic nitrogens is 3. The standard InChI is InChI=1S/C13H19N5S2/c1-15-10-14-18(13(15)19)11-17-5-3-16(4-6-17)8-12-2-7-20-9-12/h2,7,9-10H,3-6,8,11H2,1H3. The number of nitrogens with zero attached hydrogens (tertiary/aromatic N) is 5. The molecule has 0 unspecified atom stereocenters. The van der Waals surface area contributed by atoms with Gasteiger partial charge in [0.05, 0.1) is 6.67 Å². The van der Waals surface area contributed by atoms with Crippen molar-refractivity contribution in [3.05, 3.63) is 33.5 Å². The number of aryl methyl sites for hydroxylation is 1. The summed E-state index contributed by atoms with van der Waals surface area (Å²) in [6, 6.07) is 2.21. The van der Waals surface area contributed by atoms with E-state index in [1.165, 1.54) is 5.56 Å². The molecule has 1 fully saturated rings. The maximum Gasteiger partial charge on any atom is 0.198 e. The predicted octanol–water partition coefficient (Wildman–Crippen LogP) is 1.79. The summed E-state index contributed by atoms with van der Waals surface area (Å²) in [5.74, 6) is 0. The topological polar surface area (TPSA) is 29.2 Å². The van der Waals surface area contributed by atoms with E-state index in [0.29, 0.717) is 0 Å². The lowest BCUT2D eigenvalue weighted by molar-refractivity contribution is 0.0981. The summed E-state index contributed by atoms with van der Waals surface area (Å²) in [7, 11) is 1.94. The van der Waals surface area contributed by atoms with Gasteiger partial charge in [0.15, 0.2) is 4.77 Å². The molecule has 0 N–H and O–H groups in total. The van der Waals surface area contributed by atoms with Crippen LogP contribution in [0.3, 0.4) is 0 Å². The molecule has 3 heterocycles. The molecule has 0 amide bonds. The second-order valence-corrected chi connectivity index (χ2v) is 6.34. The van der Waals surface area contributed by atoms with E-state index in [2.05, 4.69) is 31.7 Å². The van der Waals surface area contributed by atoms with Crippen molar-refractivity contribution in [2.75, 3.05) is 26.2 Å². The Morgan fingerprint density at radius 1 is 1.25 bits per heavy atom. The summed E-state index contributed by atoms with van der Waals surface area (Å²) in [5.41, 5.74) is 1.43. The molecule has 0 spiro atoms. The largest absolute Gasteiger partial charge is 0.310 e. The predicted molar refractivity (Wildman–Crippen MR) is 83.2 cm³/mol. The number of hydrogen-bond donors (Lipinski definition) is 0. The quantitative estimate of drug-likeness (QED) is 0.805. The second kappa shape index (κ2) is 6.17. The van der Waals surface area contributed by atoms with Crippen molar-refractivity contribution in [3.63, 3.8) is 0 Å². The SMILES string of the molecule is Cn1cnn(CN2CCN(Cc3ccsc3)CC2)c1=S. The molecule has 0 bridgehead atoms. The van der Waals surface area contributed by atoms with Crippen molar-refractivity contribution in [1.29, 1.82) is 0 Å². The van der Waals surface area contributed by atoms with Crippen molar-refractivity contribution in [2.24, 2.45) is 7.05 Å². The zero-order valence-corrected chi connectivity index (χ0v) is 13.2. The summed E-state index contributed by atoms with van der Waals surface area (Å²) in [6.07, 6.45) is 1.77. The van der Waals surface area contributed by atoms with Crippen molar-refractivity contribution in [3.8, 4) is 0 Å². The van der Waals surface area contributed by atoms with E-state index in [4.69, 9.17) is 12.2 Å². The van der Waals surface area contributed by atoms with Crippen LogP contribution < -0.4 is 0 Å². The molecule has 0 aliphatic carbocycles. The molecule has 0 radical (unpaired) electrons. The molecule has 1 aliphatic heterocycles. The summed E-state index contributed by atoms with van der Waals surface area (Å²) in [6.45, 7) is 6.23. The van der Waals surface area contributed by atoms with E-state index in [-0.39, 0.29) is 0 Å². The van der Waals surface area contributed by atoms with E-state index in [9.17, 15) is 0 Å². The fraction of sp³-hybridized carbons (Fsp3) is 0.538. The second-order valence-electron chi connectivity index (χ2n) is 5.19. The molecule has 3 rings (SSSR count). The van der Waals surface area contributed by atoms with E-state index in [0.717, 1.165) is 44.2 Å². The van der Waals surface area contributed by atoms with Gasteiger partial charge in [-0.05, 0) is 34.6 Å². The Labute approximate surface area is 128 Å². The van der Waals surface area contributed by atoms with Crippen molar-refractivity contribution >= 4 is 23.6 Å². The van der Waals surface area contributed by atoms with Crippen molar-refractivity contribution in [1.82, 2.24) is 24.1 Å². The first kappa shape index (κ1) is 13.9. The number of rotatable bonds is 4. The van der Waals surface area contributed by atoms with E-state index >= 15 is 0 Å². The average molecular weight is 309 g/mol. The fourth-order valence-corrected chi connectivity index (χ4v) is 3.25. The molecule has 2 aromatic heterocycles. The lowest BCUT2D eigenvalue weighted by atomic mass is 10.2. The van der Waals surface area contributed by atoms with Gasteiger partial charge in [-0.25, -0.2) is 4.68 Å². The Balaban J connectivity index is 1.51. The molecule has 0 aromatic carbocycles. The Kier molecular flexibility index (Phi) is 4.30. The number of hydrogen-bond acceptors (Lipinski definition) is 5. The van der Waals surface area contributed by atoms with Gasteiger partial charge in [0.1, 0.15) is 6.33 Å². The number of thiophene rings is 1. The van der Waals surface area contributed by atoms with Crippen LogP contribution in [-0.2, 0) is 20.3 Å². The van der Waals surface area contributed by atoms with Gasteiger partial charge in [0.2, 0.25) is 0 Å². The zero-order chi connectivity index (χ0) is 13.9. The molecule has 5 nitrogen and oxygen atoms in total. The molecule has 1 saturated heterocycles. The molecule has 108 valence electrons. The van der Waals surface area contributed by atoms with E-state index < -0.39 is 0 Å². The minimum absolute atomic E-state index is 0.783. The third-order valence-electron chi connectivity index (χ3n) is 3.67. The monoisotopic (exact) mass is 309 g/mol. The van der Waals surface area contributed by atoms with Gasteiger partial charge in [0.25, 0.3) is 0 Å². The highest BCUT2D eigenvalue weighted by Crippen LogP contribution is 2.12. The fourth-order valence-electron chi connectivity index (χ4n) is 2.44. The van der Waals surface area contributed by atoms with Gasteiger partial charge < -0.3 is 4.57 Å². The third-order valence-corrected chi connectivity index (χ3v) is 4.90.